The molecule has 0 spiro atoms. The highest BCUT2D eigenvalue weighted by molar-refractivity contribution is 8.04. The lowest BCUT2D eigenvalue weighted by molar-refractivity contribution is -0.245. The van der Waals surface area contributed by atoms with E-state index in [1.54, 1.807) is 34.6 Å². The largest absolute Gasteiger partial charge is 0.507 e. The molecule has 0 aromatic heterocycles. The molecule has 14 N–H and O–H groups in total. The van der Waals surface area contributed by atoms with Gasteiger partial charge in [0.05, 0.1) is 108 Å². The van der Waals surface area contributed by atoms with Crippen molar-refractivity contribution in [2.75, 3.05) is 64.8 Å². The van der Waals surface area contributed by atoms with Crippen molar-refractivity contribution < 1.29 is 132 Å². The molecule has 8 atom stereocenters. The molecule has 618 valence electrons. The van der Waals surface area contributed by atoms with Gasteiger partial charge in [0.2, 0.25) is 29.3 Å². The van der Waals surface area contributed by atoms with Crippen LogP contribution in [-0.4, -0.2) is 250 Å². The molecule has 1 saturated heterocycles. The number of nitrogens with zero attached hydrogens (tertiary/aromatic N) is 4. The first-order valence-electron chi connectivity index (χ1n) is 36.1. The molecule has 4 aromatic rings. The van der Waals surface area contributed by atoms with Crippen molar-refractivity contribution in [2.45, 2.75) is 153 Å². The van der Waals surface area contributed by atoms with Crippen LogP contribution < -0.4 is 31.4 Å². The van der Waals surface area contributed by atoms with E-state index in [1.807, 2.05) is 0 Å². The van der Waals surface area contributed by atoms with Gasteiger partial charge in [0.25, 0.3) is 23.6 Å². The molecule has 38 heteroatoms. The van der Waals surface area contributed by atoms with E-state index in [0.717, 1.165) is 39.8 Å². The maximum Gasteiger partial charge on any atom is 0.267 e. The van der Waals surface area contributed by atoms with Gasteiger partial charge in [-0.05, 0) is 58.3 Å². The van der Waals surface area contributed by atoms with Crippen LogP contribution in [0.1, 0.15) is 184 Å². The first-order chi connectivity index (χ1) is 54.4. The quantitative estimate of drug-likeness (QED) is 0.0121. The smallest absolute Gasteiger partial charge is 0.267 e. The molecule has 11 rings (SSSR count). The number of phenolic OH excluding ortho intramolecular Hbond substituents is 4. The van der Waals surface area contributed by atoms with Crippen molar-refractivity contribution in [3.63, 3.8) is 0 Å². The van der Waals surface area contributed by atoms with Crippen LogP contribution in [0, 0.1) is 0 Å². The third-order valence-corrected chi connectivity index (χ3v) is 20.9. The SMILES string of the molecule is CC(=O)CCS.CC(=O)CCS.CNC(=O)CCSC1=CC(=O)N(CCC(=O)N/N=C(\CO)[C@]2(O)Cc3c(O)c4c(c(O)c3[C@@H](OC(C)C)C2)C(=O)c2c(OC)cccc2C4=O)C1=O.COc1cccc2c1C(=O)c1c(O)c3c(c(O)c1C2=O)C[C@@](O)(/C(CO)=N/NC(=O)CCN1C(=O)C=CC1=O)C[C@@H]3OC1CC(N)C(O)C(C)O1. The number of ether oxygens (including phenoxy) is 5. The molecule has 4 unspecified atom stereocenters. The van der Waals surface area contributed by atoms with Crippen molar-refractivity contribution in [1.29, 1.82) is 0 Å². The molecule has 115 heavy (non-hydrogen) atoms. The molecule has 3 aliphatic heterocycles. The summed E-state index contributed by atoms with van der Waals surface area (Å²) in [6.45, 7) is 5.68. The molecule has 7 aliphatic rings. The van der Waals surface area contributed by atoms with Gasteiger partial charge in [0, 0.05) is 148 Å². The Kier molecular flexibility index (Phi) is 30.7. The number of hydrazone groups is 2. The van der Waals surface area contributed by atoms with Crippen LogP contribution in [-0.2, 0) is 70.2 Å². The number of aliphatic hydroxyl groups is 5. The molecule has 4 aliphatic carbocycles. The second kappa shape index (κ2) is 39.0. The Morgan fingerprint density at radius 1 is 0.635 bits per heavy atom. The summed E-state index contributed by atoms with van der Waals surface area (Å²) in [4.78, 5) is 163. The molecule has 1 fully saturated rings. The first kappa shape index (κ1) is 90.4. The summed E-state index contributed by atoms with van der Waals surface area (Å²) >= 11 is 8.72. The lowest BCUT2D eigenvalue weighted by Crippen LogP contribution is -2.53. The standard InChI is InChI=1S/C35H38N4O12S.C34H36N4O13.2C4H8OS/c1-16(2)51-20-14-35(49,22(15-40)37-38-24(42)8-10-39-25(43)12-21(34(39)48)52-11-9-23(41)36-3)13-18-27(20)33(47)29-28(31(18)45)30(44)17-6-5-7-19(50-4)26(17)32(29)46;1-14-29(43)17(35)10-24(50-14)51-19-12-34(48,20(13-39)36-37-21(40)8-9-38-22(41)6-7-23(38)42)11-16-26(19)33(47)28-27(31(16)45)30(44)15-4-3-5-18(49-2)25(15)32(28)46;2*1-4(5)2-3-6/h5-7,12,16,20,40,45,47,49H,8-11,13-15H2,1-4H3,(H,36,41)(H,38,42);3-7,14,17,19,24,29,39,43,45,47-48H,8-13,35H2,1-2H3,(H,37,40);2*6H,2-3H2,1H3/b37-22+;36-20+;;/t20-,35-;14?,17?,19-,24?,29?,34-;;/m00../s1. The average Bonchev–Trinajstić information content (AvgIpc) is 1.00. The van der Waals surface area contributed by atoms with Gasteiger partial charge in [-0.1, -0.05) is 24.3 Å². The number of thioether (sulfide) groups is 1. The Hall–Kier alpha value is -10.1. The summed E-state index contributed by atoms with van der Waals surface area (Å²) in [5.74, 6) is -7.85. The number of nitrogens with one attached hydrogen (secondary N) is 3. The normalized spacial score (nSPS) is 21.9. The number of carbonyl (C=O) groups excluding carboxylic acids is 13. The maximum atomic E-state index is 13.9. The number of amides is 7. The van der Waals surface area contributed by atoms with Crippen LogP contribution in [0.15, 0.2) is 69.7 Å². The van der Waals surface area contributed by atoms with Crippen LogP contribution in [0.5, 0.6) is 34.5 Å². The van der Waals surface area contributed by atoms with Crippen molar-refractivity contribution in [2.24, 2.45) is 15.9 Å². The summed E-state index contributed by atoms with van der Waals surface area (Å²) < 4.78 is 28.7. The Morgan fingerprint density at radius 2 is 1.08 bits per heavy atom. The van der Waals surface area contributed by atoms with E-state index in [1.165, 1.54) is 57.7 Å². The highest BCUT2D eigenvalue weighted by atomic mass is 32.2. The minimum atomic E-state index is -2.21. The van der Waals surface area contributed by atoms with Crippen LogP contribution in [0.3, 0.4) is 0 Å². The van der Waals surface area contributed by atoms with Gasteiger partial charge >= 0.3 is 0 Å². The predicted molar refractivity (Wildman–Crippen MR) is 416 cm³/mol. The fourth-order valence-corrected chi connectivity index (χ4v) is 15.3. The van der Waals surface area contributed by atoms with E-state index in [0.29, 0.717) is 24.3 Å². The minimum Gasteiger partial charge on any atom is -0.507 e. The first-order valence-corrected chi connectivity index (χ1v) is 38.3. The molecule has 35 nitrogen and oxygen atoms in total. The Morgan fingerprint density at radius 3 is 1.49 bits per heavy atom. The Balaban J connectivity index is 0.000000252. The van der Waals surface area contributed by atoms with E-state index in [4.69, 9.17) is 29.4 Å². The molecule has 0 bridgehead atoms. The van der Waals surface area contributed by atoms with Crippen LogP contribution in [0.25, 0.3) is 0 Å². The number of imide groups is 2. The monoisotopic (exact) mass is 1650 g/mol. The van der Waals surface area contributed by atoms with Gasteiger partial charge in [-0.15, -0.1) is 11.8 Å². The lowest BCUT2D eigenvalue weighted by atomic mass is 9.71. The number of Topliss-reactive ketones (excluding diaryl/α,β-unsaturated/α-hetero) is 2. The van der Waals surface area contributed by atoms with Gasteiger partial charge in [-0.3, -0.25) is 72.1 Å². The van der Waals surface area contributed by atoms with E-state index in [9.17, 15) is 108 Å². The van der Waals surface area contributed by atoms with Crippen molar-refractivity contribution in [1.82, 2.24) is 26.0 Å². The Bertz CT molecular complexity index is 4670. The second-order valence-corrected chi connectivity index (χ2v) is 29.7. The number of hydrogen-bond donors (Lipinski definition) is 15. The topological polar surface area (TPSA) is 543 Å². The van der Waals surface area contributed by atoms with E-state index in [-0.39, 0.29) is 135 Å². The van der Waals surface area contributed by atoms with Gasteiger partial charge in [-0.25, -0.2) is 10.9 Å². The predicted octanol–water partition coefficient (Wildman–Crippen LogP) is 2.01. The summed E-state index contributed by atoms with van der Waals surface area (Å²) in [5, 5.41) is 112. The number of ketones is 6. The van der Waals surface area contributed by atoms with Gasteiger partial charge in [0.1, 0.15) is 57.3 Å². The number of aromatic hydroxyl groups is 4. The summed E-state index contributed by atoms with van der Waals surface area (Å²) in [5.41, 5.74) is 2.58. The number of benzene rings is 4. The molecular formula is C77H90N8O27S3. The molecule has 3 heterocycles. The number of phenols is 4. The van der Waals surface area contributed by atoms with Gasteiger partial charge in [0.15, 0.2) is 17.9 Å². The highest BCUT2D eigenvalue weighted by Crippen LogP contribution is 2.55. The van der Waals surface area contributed by atoms with Crippen molar-refractivity contribution in [3.05, 3.63) is 126 Å². The average molecular weight is 1660 g/mol. The number of aliphatic hydroxyl groups excluding tert-OH is 3. The number of nitrogens with two attached hydrogens (primary N) is 1. The molecule has 7 amide bonds. The number of thiol groups is 2. The number of rotatable bonds is 26. The lowest BCUT2D eigenvalue weighted by Gasteiger charge is -2.43. The fourth-order valence-electron chi connectivity index (χ4n) is 13.7. The third kappa shape index (κ3) is 19.9. The number of fused-ring (bicyclic) bond motifs is 6. The molecule has 0 radical (unpaired) electrons. The second-order valence-electron chi connectivity index (χ2n) is 27.6. The summed E-state index contributed by atoms with van der Waals surface area (Å²) in [7, 11) is 4.11. The fraction of sp³-hybridized carbons (Fsp3) is 0.442. The molecular weight excluding hydrogens is 1570 g/mol. The van der Waals surface area contributed by atoms with Crippen molar-refractivity contribution in [3.8, 4) is 34.5 Å². The maximum absolute atomic E-state index is 13.9. The zero-order chi connectivity index (χ0) is 85.0. The third-order valence-electron chi connectivity index (χ3n) is 19.5. The van der Waals surface area contributed by atoms with Crippen LogP contribution in [0.4, 0.5) is 0 Å². The van der Waals surface area contributed by atoms with Gasteiger partial charge < -0.3 is 80.7 Å². The zero-order valence-electron chi connectivity index (χ0n) is 63.8. The number of carbonyl (C=O) groups is 13. The van der Waals surface area contributed by atoms with E-state index in [2.05, 4.69) is 51.6 Å². The van der Waals surface area contributed by atoms with Crippen LogP contribution >= 0.6 is 37.0 Å². The highest BCUT2D eigenvalue weighted by Gasteiger charge is 2.52. The number of hydrogen-bond acceptors (Lipinski definition) is 33. The summed E-state index contributed by atoms with van der Waals surface area (Å²) in [6, 6.07) is 7.89. The van der Waals surface area contributed by atoms with E-state index < -0.39 is 196 Å². The van der Waals surface area contributed by atoms with Crippen molar-refractivity contribution >= 4 is 124 Å². The molecule has 0 saturated carbocycles. The Labute approximate surface area is 673 Å². The summed E-state index contributed by atoms with van der Waals surface area (Å²) in [6.07, 6.45) is -4.19. The van der Waals surface area contributed by atoms with E-state index >= 15 is 0 Å². The zero-order valence-corrected chi connectivity index (χ0v) is 66.4. The minimum absolute atomic E-state index is 0.0323. The van der Waals surface area contributed by atoms with Crippen LogP contribution in [0.2, 0.25) is 0 Å². The molecule has 4 aromatic carbocycles. The van der Waals surface area contributed by atoms with Gasteiger partial charge in [-0.2, -0.15) is 35.5 Å². The number of methoxy groups -OCH3 is 2.